The van der Waals surface area contributed by atoms with E-state index in [4.69, 9.17) is 4.74 Å². The van der Waals surface area contributed by atoms with Crippen molar-refractivity contribution in [1.82, 2.24) is 14.7 Å². The third-order valence-corrected chi connectivity index (χ3v) is 6.31. The van der Waals surface area contributed by atoms with Crippen LogP contribution in [-0.2, 0) is 4.74 Å². The standard InChI is InChI=1S/C20H37N3O2/c1-20(2,3)25-19(24)21(4)17-9-10-18(15-17)23-13-11-22(12-14-23)16-7-5-6-8-16/h16-18H,5-15H2,1-4H3/t17-,18+/m1/s1. The monoisotopic (exact) mass is 351 g/mol. The maximum absolute atomic E-state index is 12.3. The molecule has 2 saturated carbocycles. The molecule has 5 nitrogen and oxygen atoms in total. The third-order valence-electron chi connectivity index (χ3n) is 6.31. The highest BCUT2D eigenvalue weighted by Gasteiger charge is 2.36. The Morgan fingerprint density at radius 1 is 0.920 bits per heavy atom. The first-order chi connectivity index (χ1) is 11.8. The van der Waals surface area contributed by atoms with Crippen molar-refractivity contribution < 1.29 is 9.53 Å². The fourth-order valence-electron chi connectivity index (χ4n) is 4.84. The van der Waals surface area contributed by atoms with E-state index in [0.29, 0.717) is 12.1 Å². The summed E-state index contributed by atoms with van der Waals surface area (Å²) in [5.41, 5.74) is -0.417. The summed E-state index contributed by atoms with van der Waals surface area (Å²) in [5, 5.41) is 0. The second-order valence-electron chi connectivity index (χ2n) is 9.22. The van der Waals surface area contributed by atoms with E-state index in [-0.39, 0.29) is 6.09 Å². The zero-order valence-electron chi connectivity index (χ0n) is 16.7. The van der Waals surface area contributed by atoms with Gasteiger partial charge in [-0.3, -0.25) is 9.80 Å². The molecule has 2 atom stereocenters. The molecule has 1 aliphatic heterocycles. The van der Waals surface area contributed by atoms with Crippen LogP contribution in [-0.4, -0.2) is 77.7 Å². The summed E-state index contributed by atoms with van der Waals surface area (Å²) >= 11 is 0. The van der Waals surface area contributed by atoms with Crippen LogP contribution in [0.3, 0.4) is 0 Å². The molecule has 0 aromatic heterocycles. The Labute approximate surface area is 153 Å². The fraction of sp³-hybridized carbons (Fsp3) is 0.950. The van der Waals surface area contributed by atoms with Crippen LogP contribution in [0, 0.1) is 0 Å². The van der Waals surface area contributed by atoms with E-state index in [9.17, 15) is 4.79 Å². The minimum atomic E-state index is -0.417. The number of hydrogen-bond acceptors (Lipinski definition) is 4. The molecule has 1 amide bonds. The van der Waals surface area contributed by atoms with Crippen LogP contribution < -0.4 is 0 Å². The predicted octanol–water partition coefficient (Wildman–Crippen LogP) is 3.33. The molecule has 25 heavy (non-hydrogen) atoms. The van der Waals surface area contributed by atoms with Crippen LogP contribution in [0.2, 0.25) is 0 Å². The minimum absolute atomic E-state index is 0.177. The molecule has 0 aromatic rings. The smallest absolute Gasteiger partial charge is 0.410 e. The Morgan fingerprint density at radius 3 is 2.04 bits per heavy atom. The maximum atomic E-state index is 12.3. The third kappa shape index (κ3) is 4.88. The largest absolute Gasteiger partial charge is 0.444 e. The number of nitrogens with zero attached hydrogens (tertiary/aromatic N) is 3. The summed E-state index contributed by atoms with van der Waals surface area (Å²) in [6, 6.07) is 1.82. The van der Waals surface area contributed by atoms with Gasteiger partial charge in [0.25, 0.3) is 0 Å². The second kappa shape index (κ2) is 7.83. The van der Waals surface area contributed by atoms with Gasteiger partial charge in [0.05, 0.1) is 0 Å². The number of rotatable bonds is 3. The summed E-state index contributed by atoms with van der Waals surface area (Å²) < 4.78 is 5.53. The summed E-state index contributed by atoms with van der Waals surface area (Å²) in [6.07, 6.45) is 8.89. The van der Waals surface area contributed by atoms with Crippen molar-refractivity contribution in [1.29, 1.82) is 0 Å². The SMILES string of the molecule is CN(C(=O)OC(C)(C)C)[C@@H]1CC[C@H](N2CCN(C3CCCC3)CC2)C1. The summed E-state index contributed by atoms with van der Waals surface area (Å²) in [5.74, 6) is 0. The van der Waals surface area contributed by atoms with Gasteiger partial charge in [0, 0.05) is 51.4 Å². The van der Waals surface area contributed by atoms with Crippen molar-refractivity contribution in [3.8, 4) is 0 Å². The van der Waals surface area contributed by atoms with E-state index < -0.39 is 5.60 Å². The van der Waals surface area contributed by atoms with Gasteiger partial charge in [0.15, 0.2) is 0 Å². The molecule has 0 bridgehead atoms. The predicted molar refractivity (Wildman–Crippen MR) is 101 cm³/mol. The second-order valence-corrected chi connectivity index (χ2v) is 9.22. The quantitative estimate of drug-likeness (QED) is 0.781. The van der Waals surface area contributed by atoms with Crippen molar-refractivity contribution in [2.75, 3.05) is 33.2 Å². The van der Waals surface area contributed by atoms with Gasteiger partial charge in [-0.1, -0.05) is 12.8 Å². The zero-order valence-corrected chi connectivity index (χ0v) is 16.7. The van der Waals surface area contributed by atoms with E-state index in [1.165, 1.54) is 58.3 Å². The van der Waals surface area contributed by atoms with E-state index in [1.807, 2.05) is 32.7 Å². The highest BCUT2D eigenvalue weighted by molar-refractivity contribution is 5.68. The van der Waals surface area contributed by atoms with Crippen molar-refractivity contribution in [2.45, 2.75) is 89.4 Å². The van der Waals surface area contributed by atoms with Crippen LogP contribution in [0.4, 0.5) is 4.79 Å². The summed E-state index contributed by atoms with van der Waals surface area (Å²) in [7, 11) is 1.90. The molecule has 2 aliphatic carbocycles. The van der Waals surface area contributed by atoms with Crippen LogP contribution in [0.25, 0.3) is 0 Å². The van der Waals surface area contributed by atoms with Crippen molar-refractivity contribution in [3.05, 3.63) is 0 Å². The molecule has 0 radical (unpaired) electrons. The van der Waals surface area contributed by atoms with Crippen LogP contribution in [0.15, 0.2) is 0 Å². The van der Waals surface area contributed by atoms with Gasteiger partial charge in [-0.2, -0.15) is 0 Å². The van der Waals surface area contributed by atoms with E-state index in [1.54, 1.807) is 0 Å². The lowest BCUT2D eigenvalue weighted by atomic mass is 10.1. The Kier molecular flexibility index (Phi) is 5.94. The number of amides is 1. The first kappa shape index (κ1) is 19.0. The van der Waals surface area contributed by atoms with E-state index >= 15 is 0 Å². The molecular weight excluding hydrogens is 314 g/mol. The van der Waals surface area contributed by atoms with Crippen LogP contribution in [0.1, 0.15) is 65.7 Å². The molecule has 0 unspecified atom stereocenters. The lowest BCUT2D eigenvalue weighted by Crippen LogP contribution is -2.52. The lowest BCUT2D eigenvalue weighted by Gasteiger charge is -2.40. The lowest BCUT2D eigenvalue weighted by molar-refractivity contribution is 0.0212. The molecule has 1 heterocycles. The highest BCUT2D eigenvalue weighted by atomic mass is 16.6. The number of carbonyl (C=O) groups excluding carboxylic acids is 1. The first-order valence-electron chi connectivity index (χ1n) is 10.3. The molecule has 3 aliphatic rings. The van der Waals surface area contributed by atoms with Crippen molar-refractivity contribution in [3.63, 3.8) is 0 Å². The van der Waals surface area contributed by atoms with Crippen molar-refractivity contribution >= 4 is 6.09 Å². The summed E-state index contributed by atoms with van der Waals surface area (Å²) in [6.45, 7) is 10.6. The Bertz CT molecular complexity index is 448. The molecular formula is C20H37N3O2. The van der Waals surface area contributed by atoms with E-state index in [0.717, 1.165) is 18.9 Å². The number of piperazine rings is 1. The topological polar surface area (TPSA) is 36.0 Å². The molecule has 3 fully saturated rings. The molecule has 0 N–H and O–H groups in total. The average molecular weight is 352 g/mol. The maximum Gasteiger partial charge on any atom is 0.410 e. The van der Waals surface area contributed by atoms with Gasteiger partial charge in [-0.25, -0.2) is 4.79 Å². The Balaban J connectivity index is 1.44. The molecule has 3 rings (SSSR count). The first-order valence-corrected chi connectivity index (χ1v) is 10.3. The van der Waals surface area contributed by atoms with Gasteiger partial charge in [0.1, 0.15) is 5.60 Å². The fourth-order valence-corrected chi connectivity index (χ4v) is 4.84. The number of hydrogen-bond donors (Lipinski definition) is 0. The Hall–Kier alpha value is -0.810. The van der Waals surface area contributed by atoms with Gasteiger partial charge < -0.3 is 9.64 Å². The minimum Gasteiger partial charge on any atom is -0.444 e. The average Bonchev–Trinajstić information content (AvgIpc) is 3.24. The van der Waals surface area contributed by atoms with Gasteiger partial charge in [-0.15, -0.1) is 0 Å². The number of ether oxygens (including phenoxy) is 1. The Morgan fingerprint density at radius 2 is 1.48 bits per heavy atom. The van der Waals surface area contributed by atoms with Gasteiger partial charge >= 0.3 is 6.09 Å². The van der Waals surface area contributed by atoms with Crippen LogP contribution in [0.5, 0.6) is 0 Å². The summed E-state index contributed by atoms with van der Waals surface area (Å²) in [4.78, 5) is 19.5. The van der Waals surface area contributed by atoms with Gasteiger partial charge in [-0.05, 0) is 52.9 Å². The molecule has 1 saturated heterocycles. The number of carbonyl (C=O) groups is 1. The normalized spacial score (nSPS) is 29.9. The van der Waals surface area contributed by atoms with E-state index in [2.05, 4.69) is 9.80 Å². The molecule has 0 spiro atoms. The molecule has 5 heteroatoms. The van der Waals surface area contributed by atoms with Gasteiger partial charge in [0.2, 0.25) is 0 Å². The van der Waals surface area contributed by atoms with Crippen molar-refractivity contribution in [2.24, 2.45) is 0 Å². The molecule has 0 aromatic carbocycles. The van der Waals surface area contributed by atoms with Crippen LogP contribution >= 0.6 is 0 Å². The molecule has 144 valence electrons. The highest BCUT2D eigenvalue weighted by Crippen LogP contribution is 2.30. The zero-order chi connectivity index (χ0) is 18.0.